The zero-order chi connectivity index (χ0) is 13.4. The Bertz CT molecular complexity index is 375. The Morgan fingerprint density at radius 3 is 2.63 bits per heavy atom. The first-order chi connectivity index (χ1) is 8.69. The summed E-state index contributed by atoms with van der Waals surface area (Å²) in [5.74, 6) is 0.711. The van der Waals surface area contributed by atoms with Crippen molar-refractivity contribution in [3.05, 3.63) is 27.7 Å². The summed E-state index contributed by atoms with van der Waals surface area (Å²) in [4.78, 5) is 0. The predicted molar refractivity (Wildman–Crippen MR) is 83.1 cm³/mol. The first-order valence-electron chi connectivity index (χ1n) is 5.99. The van der Waals surface area contributed by atoms with Gasteiger partial charge in [0, 0.05) is 30.8 Å². The average Bonchev–Trinajstić information content (AvgIpc) is 2.33. The number of rotatable bonds is 8. The van der Waals surface area contributed by atoms with Crippen LogP contribution in [-0.4, -0.2) is 26.9 Å². The number of hydrogen-bond acceptors (Lipinski definition) is 3. The van der Waals surface area contributed by atoms with Crippen LogP contribution in [0, 0.1) is 0 Å². The summed E-state index contributed by atoms with van der Waals surface area (Å²) in [6.45, 7) is 4.82. The molecular formula is C13H20Cl3NO2. The van der Waals surface area contributed by atoms with Gasteiger partial charge in [0.2, 0.25) is 0 Å². The van der Waals surface area contributed by atoms with E-state index in [0.29, 0.717) is 28.9 Å². The van der Waals surface area contributed by atoms with Crippen molar-refractivity contribution in [3.8, 4) is 5.75 Å². The van der Waals surface area contributed by atoms with Crippen LogP contribution >= 0.6 is 35.6 Å². The van der Waals surface area contributed by atoms with E-state index >= 15 is 0 Å². The van der Waals surface area contributed by atoms with E-state index in [4.69, 9.17) is 32.7 Å². The van der Waals surface area contributed by atoms with Crippen molar-refractivity contribution >= 4 is 35.6 Å². The van der Waals surface area contributed by atoms with E-state index in [1.807, 2.05) is 13.0 Å². The summed E-state index contributed by atoms with van der Waals surface area (Å²) >= 11 is 12.1. The van der Waals surface area contributed by atoms with Gasteiger partial charge in [0.15, 0.2) is 0 Å². The number of ether oxygens (including phenoxy) is 2. The van der Waals surface area contributed by atoms with E-state index in [2.05, 4.69) is 5.32 Å². The molecule has 0 atom stereocenters. The second-order valence-corrected chi connectivity index (χ2v) is 4.68. The minimum Gasteiger partial charge on any atom is -0.492 e. The molecule has 0 spiro atoms. The van der Waals surface area contributed by atoms with E-state index in [-0.39, 0.29) is 12.4 Å². The van der Waals surface area contributed by atoms with Crippen LogP contribution < -0.4 is 10.1 Å². The standard InChI is InChI=1S/C13H19Cl2NO2.ClH/c1-3-18-13-10(7-11(14)8-12(13)15)9-16-5-4-6-17-2;/h7-8,16H,3-6,9H2,1-2H3;1H. The lowest BCUT2D eigenvalue weighted by Crippen LogP contribution is -2.17. The zero-order valence-corrected chi connectivity index (χ0v) is 13.5. The van der Waals surface area contributed by atoms with Gasteiger partial charge in [-0.25, -0.2) is 0 Å². The van der Waals surface area contributed by atoms with Gasteiger partial charge in [-0.3, -0.25) is 0 Å². The summed E-state index contributed by atoms with van der Waals surface area (Å²) in [5.41, 5.74) is 0.978. The first kappa shape index (κ1) is 18.8. The highest BCUT2D eigenvalue weighted by Crippen LogP contribution is 2.32. The quantitative estimate of drug-likeness (QED) is 0.733. The molecular weight excluding hydrogens is 309 g/mol. The fourth-order valence-electron chi connectivity index (χ4n) is 1.62. The second kappa shape index (κ2) is 10.6. The topological polar surface area (TPSA) is 30.5 Å². The number of hydrogen-bond donors (Lipinski definition) is 1. The lowest BCUT2D eigenvalue weighted by molar-refractivity contribution is 0.194. The summed E-state index contributed by atoms with van der Waals surface area (Å²) in [7, 11) is 1.70. The molecule has 0 saturated carbocycles. The fourth-order valence-corrected chi connectivity index (χ4v) is 2.21. The summed E-state index contributed by atoms with van der Waals surface area (Å²) in [6.07, 6.45) is 0.967. The van der Waals surface area contributed by atoms with Crippen molar-refractivity contribution < 1.29 is 9.47 Å². The van der Waals surface area contributed by atoms with Crippen molar-refractivity contribution in [2.45, 2.75) is 19.9 Å². The Kier molecular flexibility index (Phi) is 10.5. The third-order valence-corrected chi connectivity index (χ3v) is 2.89. The molecule has 0 aliphatic carbocycles. The summed E-state index contributed by atoms with van der Waals surface area (Å²) < 4.78 is 10.5. The third kappa shape index (κ3) is 6.68. The summed E-state index contributed by atoms with van der Waals surface area (Å²) in [5, 5.41) is 4.49. The average molecular weight is 329 g/mol. The van der Waals surface area contributed by atoms with Crippen molar-refractivity contribution in [2.24, 2.45) is 0 Å². The molecule has 0 aliphatic rings. The SMILES string of the molecule is CCOc1c(Cl)cc(Cl)cc1CNCCCOC.Cl. The van der Waals surface area contributed by atoms with Crippen LogP contribution in [0.25, 0.3) is 0 Å². The largest absolute Gasteiger partial charge is 0.492 e. The maximum atomic E-state index is 6.12. The molecule has 1 rings (SSSR count). The lowest BCUT2D eigenvalue weighted by Gasteiger charge is -2.13. The van der Waals surface area contributed by atoms with Gasteiger partial charge in [0.05, 0.1) is 11.6 Å². The molecule has 0 unspecified atom stereocenters. The Morgan fingerprint density at radius 2 is 2.00 bits per heavy atom. The highest BCUT2D eigenvalue weighted by Gasteiger charge is 2.09. The molecule has 1 aromatic carbocycles. The van der Waals surface area contributed by atoms with E-state index < -0.39 is 0 Å². The van der Waals surface area contributed by atoms with Crippen molar-refractivity contribution in [2.75, 3.05) is 26.9 Å². The third-order valence-electron chi connectivity index (χ3n) is 2.39. The van der Waals surface area contributed by atoms with Crippen LogP contribution in [0.15, 0.2) is 12.1 Å². The van der Waals surface area contributed by atoms with E-state index in [0.717, 1.165) is 25.1 Å². The van der Waals surface area contributed by atoms with Gasteiger partial charge < -0.3 is 14.8 Å². The molecule has 1 N–H and O–H groups in total. The minimum absolute atomic E-state index is 0. The Hall–Kier alpha value is -0.190. The predicted octanol–water partition coefficient (Wildman–Crippen LogP) is 3.94. The van der Waals surface area contributed by atoms with E-state index in [1.54, 1.807) is 13.2 Å². The lowest BCUT2D eigenvalue weighted by atomic mass is 10.2. The number of benzene rings is 1. The normalized spacial score (nSPS) is 10.1. The molecule has 0 fully saturated rings. The highest BCUT2D eigenvalue weighted by atomic mass is 35.5. The van der Waals surface area contributed by atoms with Gasteiger partial charge in [-0.15, -0.1) is 12.4 Å². The van der Waals surface area contributed by atoms with Crippen LogP contribution in [-0.2, 0) is 11.3 Å². The Morgan fingerprint density at radius 1 is 1.26 bits per heavy atom. The monoisotopic (exact) mass is 327 g/mol. The molecule has 0 aromatic heterocycles. The van der Waals surface area contributed by atoms with Crippen molar-refractivity contribution in [1.82, 2.24) is 5.32 Å². The van der Waals surface area contributed by atoms with Gasteiger partial charge >= 0.3 is 0 Å². The number of halogens is 3. The fraction of sp³-hybridized carbons (Fsp3) is 0.538. The Labute approximate surface area is 131 Å². The van der Waals surface area contributed by atoms with Crippen molar-refractivity contribution in [3.63, 3.8) is 0 Å². The zero-order valence-electron chi connectivity index (χ0n) is 11.2. The molecule has 0 aliphatic heterocycles. The molecule has 0 saturated heterocycles. The molecule has 6 heteroatoms. The molecule has 19 heavy (non-hydrogen) atoms. The molecule has 1 aromatic rings. The van der Waals surface area contributed by atoms with Gasteiger partial charge in [0.1, 0.15) is 5.75 Å². The van der Waals surface area contributed by atoms with Crippen molar-refractivity contribution in [1.29, 1.82) is 0 Å². The van der Waals surface area contributed by atoms with Gasteiger partial charge in [-0.2, -0.15) is 0 Å². The van der Waals surface area contributed by atoms with Crippen LogP contribution in [0.4, 0.5) is 0 Å². The van der Waals surface area contributed by atoms with E-state index in [9.17, 15) is 0 Å². The highest BCUT2D eigenvalue weighted by molar-refractivity contribution is 6.35. The molecule has 0 heterocycles. The molecule has 110 valence electrons. The van der Waals surface area contributed by atoms with Gasteiger partial charge in [-0.1, -0.05) is 23.2 Å². The Balaban J connectivity index is 0.00000324. The number of methoxy groups -OCH3 is 1. The van der Waals surface area contributed by atoms with Crippen LogP contribution in [0.1, 0.15) is 18.9 Å². The maximum absolute atomic E-state index is 6.12. The van der Waals surface area contributed by atoms with Crippen LogP contribution in [0.3, 0.4) is 0 Å². The summed E-state index contributed by atoms with van der Waals surface area (Å²) in [6, 6.07) is 3.57. The van der Waals surface area contributed by atoms with Gasteiger partial charge in [0.25, 0.3) is 0 Å². The maximum Gasteiger partial charge on any atom is 0.142 e. The van der Waals surface area contributed by atoms with Gasteiger partial charge in [-0.05, 0) is 32.0 Å². The smallest absolute Gasteiger partial charge is 0.142 e. The molecule has 3 nitrogen and oxygen atoms in total. The molecule has 0 amide bonds. The van der Waals surface area contributed by atoms with E-state index in [1.165, 1.54) is 0 Å². The molecule has 0 bridgehead atoms. The molecule has 0 radical (unpaired) electrons. The minimum atomic E-state index is 0. The van der Waals surface area contributed by atoms with Crippen LogP contribution in [0.5, 0.6) is 5.75 Å². The second-order valence-electron chi connectivity index (χ2n) is 3.83. The first-order valence-corrected chi connectivity index (χ1v) is 6.75. The van der Waals surface area contributed by atoms with Crippen LogP contribution in [0.2, 0.25) is 10.0 Å². The number of nitrogens with one attached hydrogen (secondary N) is 1.